The lowest BCUT2D eigenvalue weighted by molar-refractivity contribution is -0.150. The maximum Gasteiger partial charge on any atom is 0.316 e. The maximum absolute atomic E-state index is 12.2. The minimum Gasteiger partial charge on any atom is -0.468 e. The van der Waals surface area contributed by atoms with E-state index in [2.05, 4.69) is 6.92 Å². The molecule has 0 bridgehead atoms. The second-order valence-corrected chi connectivity index (χ2v) is 6.05. The molecule has 124 valence electrons. The molecule has 0 amide bonds. The van der Waals surface area contributed by atoms with Gasteiger partial charge < -0.3 is 4.74 Å². The van der Waals surface area contributed by atoms with E-state index in [4.69, 9.17) is 4.74 Å². The van der Waals surface area contributed by atoms with Crippen LogP contribution in [-0.4, -0.2) is 18.9 Å². The molecular weight excluding hydrogens is 264 g/mol. The van der Waals surface area contributed by atoms with Gasteiger partial charge in [-0.05, 0) is 12.8 Å². The van der Waals surface area contributed by atoms with Crippen LogP contribution in [-0.2, 0) is 14.3 Å². The Balaban J connectivity index is 3.80. The Labute approximate surface area is 130 Å². The first-order valence-corrected chi connectivity index (χ1v) is 8.69. The number of esters is 1. The van der Waals surface area contributed by atoms with Gasteiger partial charge in [-0.1, -0.05) is 72.1 Å². The molecule has 3 heteroatoms. The molecule has 2 atom stereocenters. The van der Waals surface area contributed by atoms with Crippen molar-refractivity contribution in [2.75, 3.05) is 7.11 Å². The van der Waals surface area contributed by atoms with Crippen molar-refractivity contribution in [2.24, 2.45) is 11.8 Å². The molecule has 0 fully saturated rings. The standard InChI is InChI=1S/C18H34O3/c1-5-7-8-9-10-11-12-13-14-15(3)17(19)16(6-2)18(20)21-4/h15-16H,5-14H2,1-4H3/t15-,16+/m0/s1. The highest BCUT2D eigenvalue weighted by Crippen LogP contribution is 2.19. The first kappa shape index (κ1) is 20.1. The number of ether oxygens (including phenoxy) is 1. The third-order valence-electron chi connectivity index (χ3n) is 4.21. The SMILES string of the molecule is CCCCCCCCCC[C@H](C)C(=O)[C@@H](CC)C(=O)OC. The van der Waals surface area contributed by atoms with Crippen molar-refractivity contribution in [1.82, 2.24) is 0 Å². The van der Waals surface area contributed by atoms with E-state index in [0.29, 0.717) is 6.42 Å². The predicted molar refractivity (Wildman–Crippen MR) is 87.2 cm³/mol. The Morgan fingerprint density at radius 2 is 1.43 bits per heavy atom. The van der Waals surface area contributed by atoms with Gasteiger partial charge in [0.1, 0.15) is 11.7 Å². The van der Waals surface area contributed by atoms with Gasteiger partial charge in [-0.3, -0.25) is 9.59 Å². The quantitative estimate of drug-likeness (QED) is 0.275. The molecule has 3 nitrogen and oxygen atoms in total. The highest BCUT2D eigenvalue weighted by Gasteiger charge is 2.28. The van der Waals surface area contributed by atoms with Crippen molar-refractivity contribution in [3.05, 3.63) is 0 Å². The van der Waals surface area contributed by atoms with E-state index in [9.17, 15) is 9.59 Å². The molecule has 0 aromatic carbocycles. The van der Waals surface area contributed by atoms with Crippen LogP contribution in [0.4, 0.5) is 0 Å². The molecular formula is C18H34O3. The summed E-state index contributed by atoms with van der Waals surface area (Å²) < 4.78 is 4.70. The number of ketones is 1. The molecule has 0 aliphatic heterocycles. The van der Waals surface area contributed by atoms with Crippen molar-refractivity contribution in [2.45, 2.75) is 85.0 Å². The summed E-state index contributed by atoms with van der Waals surface area (Å²) in [5, 5.41) is 0. The van der Waals surface area contributed by atoms with Gasteiger partial charge in [-0.2, -0.15) is 0 Å². The molecule has 0 saturated heterocycles. The minimum atomic E-state index is -0.570. The number of Topliss-reactive ketones (excluding diaryl/α,β-unsaturated/α-hetero) is 1. The minimum absolute atomic E-state index is 0.0332. The predicted octanol–water partition coefficient (Wildman–Crippen LogP) is 4.92. The highest BCUT2D eigenvalue weighted by atomic mass is 16.5. The average Bonchev–Trinajstić information content (AvgIpc) is 2.49. The maximum atomic E-state index is 12.2. The van der Waals surface area contributed by atoms with Crippen molar-refractivity contribution in [1.29, 1.82) is 0 Å². The van der Waals surface area contributed by atoms with Gasteiger partial charge in [-0.15, -0.1) is 0 Å². The molecule has 0 aromatic heterocycles. The average molecular weight is 298 g/mol. The van der Waals surface area contributed by atoms with E-state index in [0.717, 1.165) is 12.8 Å². The number of hydrogen-bond acceptors (Lipinski definition) is 3. The number of rotatable bonds is 13. The third kappa shape index (κ3) is 8.90. The zero-order valence-corrected chi connectivity index (χ0v) is 14.5. The lowest BCUT2D eigenvalue weighted by Gasteiger charge is -2.16. The van der Waals surface area contributed by atoms with E-state index in [-0.39, 0.29) is 17.7 Å². The van der Waals surface area contributed by atoms with Crippen LogP contribution in [0, 0.1) is 11.8 Å². The molecule has 0 aromatic rings. The van der Waals surface area contributed by atoms with Crippen molar-refractivity contribution < 1.29 is 14.3 Å². The number of hydrogen-bond donors (Lipinski definition) is 0. The van der Waals surface area contributed by atoms with Gasteiger partial charge in [0.05, 0.1) is 7.11 Å². The van der Waals surface area contributed by atoms with E-state index >= 15 is 0 Å². The molecule has 0 heterocycles. The molecule has 0 spiro atoms. The Hall–Kier alpha value is -0.860. The summed E-state index contributed by atoms with van der Waals surface area (Å²) in [7, 11) is 1.35. The summed E-state index contributed by atoms with van der Waals surface area (Å²) in [5.41, 5.74) is 0. The van der Waals surface area contributed by atoms with Crippen LogP contribution in [0.25, 0.3) is 0 Å². The van der Waals surface area contributed by atoms with Crippen LogP contribution < -0.4 is 0 Å². The van der Waals surface area contributed by atoms with Crippen LogP contribution in [0.1, 0.15) is 85.0 Å². The first-order chi connectivity index (χ1) is 10.1. The van der Waals surface area contributed by atoms with Gasteiger partial charge in [0, 0.05) is 5.92 Å². The van der Waals surface area contributed by atoms with E-state index in [1.807, 2.05) is 13.8 Å². The fourth-order valence-electron chi connectivity index (χ4n) is 2.70. The fourth-order valence-corrected chi connectivity index (χ4v) is 2.70. The highest BCUT2D eigenvalue weighted by molar-refractivity contribution is 5.99. The third-order valence-corrected chi connectivity index (χ3v) is 4.21. The Bertz CT molecular complexity index is 286. The Morgan fingerprint density at radius 3 is 1.90 bits per heavy atom. The van der Waals surface area contributed by atoms with Crippen LogP contribution in [0.3, 0.4) is 0 Å². The van der Waals surface area contributed by atoms with E-state index < -0.39 is 5.92 Å². The number of unbranched alkanes of at least 4 members (excludes halogenated alkanes) is 7. The van der Waals surface area contributed by atoms with Crippen LogP contribution >= 0.6 is 0 Å². The summed E-state index contributed by atoms with van der Waals surface area (Å²) in [5.74, 6) is -0.939. The van der Waals surface area contributed by atoms with Crippen molar-refractivity contribution in [3.63, 3.8) is 0 Å². The molecule has 0 N–H and O–H groups in total. The summed E-state index contributed by atoms with van der Waals surface area (Å²) in [6.07, 6.45) is 11.6. The van der Waals surface area contributed by atoms with Crippen molar-refractivity contribution in [3.8, 4) is 0 Å². The van der Waals surface area contributed by atoms with Gasteiger partial charge in [0.2, 0.25) is 0 Å². The molecule has 0 saturated carbocycles. The lowest BCUT2D eigenvalue weighted by Crippen LogP contribution is -2.29. The smallest absolute Gasteiger partial charge is 0.316 e. The first-order valence-electron chi connectivity index (χ1n) is 8.69. The van der Waals surface area contributed by atoms with Gasteiger partial charge >= 0.3 is 5.97 Å². The number of carbonyl (C=O) groups excluding carboxylic acids is 2. The molecule has 0 aliphatic rings. The van der Waals surface area contributed by atoms with Crippen LogP contribution in [0.2, 0.25) is 0 Å². The topological polar surface area (TPSA) is 43.4 Å². The van der Waals surface area contributed by atoms with Gasteiger partial charge in [-0.25, -0.2) is 0 Å². The zero-order valence-electron chi connectivity index (χ0n) is 14.5. The van der Waals surface area contributed by atoms with Gasteiger partial charge in [0.15, 0.2) is 0 Å². The lowest BCUT2D eigenvalue weighted by atomic mass is 9.88. The molecule has 0 aliphatic carbocycles. The summed E-state index contributed by atoms with van der Waals surface area (Å²) in [6.45, 7) is 6.04. The summed E-state index contributed by atoms with van der Waals surface area (Å²) in [4.78, 5) is 23.8. The number of methoxy groups -OCH3 is 1. The molecule has 21 heavy (non-hydrogen) atoms. The normalized spacial score (nSPS) is 13.7. The largest absolute Gasteiger partial charge is 0.468 e. The summed E-state index contributed by atoms with van der Waals surface area (Å²) in [6, 6.07) is 0. The zero-order chi connectivity index (χ0) is 16.1. The van der Waals surface area contributed by atoms with E-state index in [1.54, 1.807) is 0 Å². The molecule has 0 unspecified atom stereocenters. The monoisotopic (exact) mass is 298 g/mol. The second-order valence-electron chi connectivity index (χ2n) is 6.05. The molecule has 0 rings (SSSR count). The Morgan fingerprint density at radius 1 is 0.905 bits per heavy atom. The summed E-state index contributed by atoms with van der Waals surface area (Å²) >= 11 is 0. The van der Waals surface area contributed by atoms with Crippen molar-refractivity contribution >= 4 is 11.8 Å². The fraction of sp³-hybridized carbons (Fsp3) is 0.889. The van der Waals surface area contributed by atoms with Crippen LogP contribution in [0.5, 0.6) is 0 Å². The second kappa shape index (κ2) is 12.8. The van der Waals surface area contributed by atoms with Gasteiger partial charge in [0.25, 0.3) is 0 Å². The Kier molecular flexibility index (Phi) is 12.3. The van der Waals surface area contributed by atoms with Crippen LogP contribution in [0.15, 0.2) is 0 Å². The van der Waals surface area contributed by atoms with E-state index in [1.165, 1.54) is 52.1 Å². The number of carbonyl (C=O) groups is 2. The molecule has 0 radical (unpaired) electrons.